The van der Waals surface area contributed by atoms with Crippen LogP contribution < -0.4 is 14.8 Å². The van der Waals surface area contributed by atoms with Crippen LogP contribution in [-0.2, 0) is 11.3 Å². The zero-order valence-electron chi connectivity index (χ0n) is 17.4. The molecule has 0 spiro atoms. The second kappa shape index (κ2) is 8.99. The molecule has 29 heavy (non-hydrogen) atoms. The van der Waals surface area contributed by atoms with E-state index in [1.54, 1.807) is 18.0 Å². The fourth-order valence-electron chi connectivity index (χ4n) is 3.30. The Bertz CT molecular complexity index is 894. The van der Waals surface area contributed by atoms with E-state index in [0.29, 0.717) is 31.1 Å². The largest absolute Gasteiger partial charge is 0.486 e. The molecule has 1 aliphatic heterocycles. The second-order valence-corrected chi connectivity index (χ2v) is 7.74. The molecule has 1 heterocycles. The number of rotatable bonds is 6. The Morgan fingerprint density at radius 1 is 1.07 bits per heavy atom. The van der Waals surface area contributed by atoms with Crippen LogP contribution >= 0.6 is 0 Å². The van der Waals surface area contributed by atoms with Gasteiger partial charge in [-0.1, -0.05) is 37.6 Å². The Kier molecular flexibility index (Phi) is 6.42. The fraction of sp³-hybridized carbons (Fsp3) is 0.391. The summed E-state index contributed by atoms with van der Waals surface area (Å²) in [5.41, 5.74) is 2.50. The van der Waals surface area contributed by atoms with Crippen molar-refractivity contribution in [1.82, 2.24) is 10.2 Å². The highest BCUT2D eigenvalue weighted by atomic mass is 16.6. The van der Waals surface area contributed by atoms with E-state index in [4.69, 9.17) is 9.47 Å². The minimum Gasteiger partial charge on any atom is -0.486 e. The van der Waals surface area contributed by atoms with Gasteiger partial charge in [0, 0.05) is 19.2 Å². The van der Waals surface area contributed by atoms with Crippen LogP contribution in [-0.4, -0.2) is 43.0 Å². The minimum atomic E-state index is -0.606. The van der Waals surface area contributed by atoms with Gasteiger partial charge >= 0.3 is 0 Å². The lowest BCUT2D eigenvalue weighted by atomic mass is 10.0. The molecule has 0 fully saturated rings. The molecular weight excluding hydrogens is 368 g/mol. The maximum absolute atomic E-state index is 13.1. The average molecular weight is 396 g/mol. The normalized spacial score (nSPS) is 13.7. The Hall–Kier alpha value is -3.02. The summed E-state index contributed by atoms with van der Waals surface area (Å²) in [6.07, 6.45) is 0. The van der Waals surface area contributed by atoms with Crippen molar-refractivity contribution in [2.75, 3.05) is 20.3 Å². The lowest BCUT2D eigenvalue weighted by Crippen LogP contribution is -2.50. The number of carbonyl (C=O) groups is 2. The van der Waals surface area contributed by atoms with Crippen LogP contribution in [0.25, 0.3) is 0 Å². The molecule has 0 aliphatic carbocycles. The molecule has 0 bridgehead atoms. The van der Waals surface area contributed by atoms with Crippen LogP contribution in [0.3, 0.4) is 0 Å². The smallest absolute Gasteiger partial charge is 0.251 e. The first kappa shape index (κ1) is 20.7. The van der Waals surface area contributed by atoms with Crippen LogP contribution in [0.1, 0.15) is 35.3 Å². The van der Waals surface area contributed by atoms with Crippen LogP contribution in [0, 0.1) is 12.8 Å². The lowest BCUT2D eigenvalue weighted by molar-refractivity contribution is -0.133. The number of carbonyl (C=O) groups excluding carboxylic acids is 2. The number of hydrogen-bond donors (Lipinski definition) is 1. The van der Waals surface area contributed by atoms with Crippen molar-refractivity contribution in [3.05, 3.63) is 59.2 Å². The molecule has 2 aromatic rings. The molecule has 2 amide bonds. The Morgan fingerprint density at radius 2 is 1.79 bits per heavy atom. The molecule has 0 radical (unpaired) electrons. The van der Waals surface area contributed by atoms with E-state index in [-0.39, 0.29) is 17.7 Å². The SMILES string of the molecule is Cc1cccc(C(=O)NC(C(=O)N(C)Cc2ccc3c(c2)OCCO3)C(C)C)c1. The molecule has 6 heteroatoms. The average Bonchev–Trinajstić information content (AvgIpc) is 2.71. The third kappa shape index (κ3) is 5.08. The third-order valence-corrected chi connectivity index (χ3v) is 4.90. The highest BCUT2D eigenvalue weighted by molar-refractivity contribution is 5.97. The number of likely N-dealkylation sites (N-methyl/N-ethyl adjacent to an activating group) is 1. The van der Waals surface area contributed by atoms with E-state index in [9.17, 15) is 9.59 Å². The van der Waals surface area contributed by atoms with Crippen LogP contribution in [0.2, 0.25) is 0 Å². The molecule has 3 rings (SSSR count). The van der Waals surface area contributed by atoms with Crippen molar-refractivity contribution in [1.29, 1.82) is 0 Å². The van der Waals surface area contributed by atoms with Crippen LogP contribution in [0.15, 0.2) is 42.5 Å². The Labute approximate surface area is 171 Å². The van der Waals surface area contributed by atoms with Gasteiger partial charge in [-0.05, 0) is 42.7 Å². The first-order valence-electron chi connectivity index (χ1n) is 9.86. The van der Waals surface area contributed by atoms with Gasteiger partial charge in [-0.25, -0.2) is 0 Å². The number of benzene rings is 2. The molecular formula is C23H28N2O4. The number of nitrogens with one attached hydrogen (secondary N) is 1. The van der Waals surface area contributed by atoms with Crippen molar-refractivity contribution >= 4 is 11.8 Å². The summed E-state index contributed by atoms with van der Waals surface area (Å²) in [6.45, 7) is 7.27. The van der Waals surface area contributed by atoms with Gasteiger partial charge in [-0.15, -0.1) is 0 Å². The number of hydrogen-bond acceptors (Lipinski definition) is 4. The number of amides is 2. The predicted molar refractivity (Wildman–Crippen MR) is 111 cm³/mol. The first-order valence-corrected chi connectivity index (χ1v) is 9.86. The molecule has 1 aliphatic rings. The van der Waals surface area contributed by atoms with Crippen molar-refractivity contribution in [2.45, 2.75) is 33.4 Å². The van der Waals surface area contributed by atoms with E-state index < -0.39 is 6.04 Å². The predicted octanol–water partition coefficient (Wildman–Crippen LogP) is 3.18. The molecule has 154 valence electrons. The number of aryl methyl sites for hydroxylation is 1. The quantitative estimate of drug-likeness (QED) is 0.814. The maximum Gasteiger partial charge on any atom is 0.251 e. The first-order chi connectivity index (χ1) is 13.8. The summed E-state index contributed by atoms with van der Waals surface area (Å²) in [5, 5.41) is 2.90. The summed E-state index contributed by atoms with van der Waals surface area (Å²) in [6, 6.07) is 12.4. The highest BCUT2D eigenvalue weighted by Gasteiger charge is 2.27. The lowest BCUT2D eigenvalue weighted by Gasteiger charge is -2.27. The van der Waals surface area contributed by atoms with Gasteiger partial charge in [0.1, 0.15) is 19.3 Å². The zero-order chi connectivity index (χ0) is 21.0. The van der Waals surface area contributed by atoms with Gasteiger partial charge in [-0.3, -0.25) is 9.59 Å². The monoisotopic (exact) mass is 396 g/mol. The molecule has 0 aromatic heterocycles. The standard InChI is InChI=1S/C23H28N2O4/c1-15(2)21(24-22(26)18-7-5-6-16(3)12-18)23(27)25(4)14-17-8-9-19-20(13-17)29-11-10-28-19/h5-9,12-13,15,21H,10-11,14H2,1-4H3,(H,24,26). The van der Waals surface area contributed by atoms with Gasteiger partial charge in [0.05, 0.1) is 0 Å². The summed E-state index contributed by atoms with van der Waals surface area (Å²) in [5.74, 6) is 1.01. The molecule has 0 saturated heterocycles. The van der Waals surface area contributed by atoms with Crippen molar-refractivity contribution < 1.29 is 19.1 Å². The molecule has 1 unspecified atom stereocenters. The number of nitrogens with zero attached hydrogens (tertiary/aromatic N) is 1. The Morgan fingerprint density at radius 3 is 2.48 bits per heavy atom. The summed E-state index contributed by atoms with van der Waals surface area (Å²) in [4.78, 5) is 27.3. The fourth-order valence-corrected chi connectivity index (χ4v) is 3.30. The molecule has 2 aromatic carbocycles. The van der Waals surface area contributed by atoms with E-state index >= 15 is 0 Å². The van der Waals surface area contributed by atoms with E-state index in [1.165, 1.54) is 0 Å². The Balaban J connectivity index is 1.69. The van der Waals surface area contributed by atoms with Gasteiger partial charge in [0.25, 0.3) is 5.91 Å². The zero-order valence-corrected chi connectivity index (χ0v) is 17.4. The third-order valence-electron chi connectivity index (χ3n) is 4.90. The van der Waals surface area contributed by atoms with Crippen molar-refractivity contribution in [3.63, 3.8) is 0 Å². The summed E-state index contributed by atoms with van der Waals surface area (Å²) in [7, 11) is 1.74. The van der Waals surface area contributed by atoms with Crippen LogP contribution in [0.4, 0.5) is 0 Å². The topological polar surface area (TPSA) is 67.9 Å². The van der Waals surface area contributed by atoms with Crippen molar-refractivity contribution in [2.24, 2.45) is 5.92 Å². The van der Waals surface area contributed by atoms with E-state index in [2.05, 4.69) is 5.32 Å². The van der Waals surface area contributed by atoms with E-state index in [0.717, 1.165) is 16.9 Å². The van der Waals surface area contributed by atoms with Crippen LogP contribution in [0.5, 0.6) is 11.5 Å². The molecule has 6 nitrogen and oxygen atoms in total. The van der Waals surface area contributed by atoms with Gasteiger partial charge in [-0.2, -0.15) is 0 Å². The summed E-state index contributed by atoms with van der Waals surface area (Å²) < 4.78 is 11.2. The second-order valence-electron chi connectivity index (χ2n) is 7.74. The molecule has 0 saturated carbocycles. The number of ether oxygens (including phenoxy) is 2. The minimum absolute atomic E-state index is 0.0426. The number of fused-ring (bicyclic) bond motifs is 1. The maximum atomic E-state index is 13.1. The molecule has 1 N–H and O–H groups in total. The molecule has 1 atom stereocenters. The van der Waals surface area contributed by atoms with E-state index in [1.807, 2.05) is 57.2 Å². The highest BCUT2D eigenvalue weighted by Crippen LogP contribution is 2.31. The van der Waals surface area contributed by atoms with Gasteiger partial charge < -0.3 is 19.7 Å². The van der Waals surface area contributed by atoms with Gasteiger partial charge in [0.2, 0.25) is 5.91 Å². The van der Waals surface area contributed by atoms with Crippen molar-refractivity contribution in [3.8, 4) is 11.5 Å². The summed E-state index contributed by atoms with van der Waals surface area (Å²) >= 11 is 0. The van der Waals surface area contributed by atoms with Gasteiger partial charge in [0.15, 0.2) is 11.5 Å².